The lowest BCUT2D eigenvalue weighted by Gasteiger charge is -2.17. The number of benzene rings is 2. The van der Waals surface area contributed by atoms with Gasteiger partial charge < -0.3 is 19.7 Å². The summed E-state index contributed by atoms with van der Waals surface area (Å²) < 4.78 is 36.9. The molecule has 7 heteroatoms. The summed E-state index contributed by atoms with van der Waals surface area (Å²) in [7, 11) is 3.45. The van der Waals surface area contributed by atoms with Gasteiger partial charge in [0.05, 0.1) is 7.11 Å². The highest BCUT2D eigenvalue weighted by atomic mass is 19.2. The molecular formula is C19H22F2N2O3. The van der Waals surface area contributed by atoms with Crippen molar-refractivity contribution in [3.8, 4) is 11.5 Å². The summed E-state index contributed by atoms with van der Waals surface area (Å²) in [6.07, 6.45) is 0.226. The minimum atomic E-state index is -0.992. The molecular weight excluding hydrogens is 342 g/mol. The highest BCUT2D eigenvalue weighted by Gasteiger charge is 2.08. The van der Waals surface area contributed by atoms with Crippen LogP contribution in [0.3, 0.4) is 0 Å². The smallest absolute Gasteiger partial charge is 0.225 e. The average Bonchev–Trinajstić information content (AvgIpc) is 2.63. The van der Waals surface area contributed by atoms with E-state index < -0.39 is 11.6 Å². The summed E-state index contributed by atoms with van der Waals surface area (Å²) in [6, 6.07) is 10.6. The number of nitrogens with zero attached hydrogens (tertiary/aromatic N) is 1. The number of amides is 1. The third kappa shape index (κ3) is 6.00. The Labute approximate surface area is 151 Å². The largest absolute Gasteiger partial charge is 0.493 e. The third-order valence-corrected chi connectivity index (χ3v) is 3.72. The summed E-state index contributed by atoms with van der Waals surface area (Å²) in [6.45, 7) is 1.57. The number of carbonyl (C=O) groups excluding carboxylic acids is 1. The van der Waals surface area contributed by atoms with Gasteiger partial charge in [0.15, 0.2) is 23.1 Å². The number of anilines is 1. The van der Waals surface area contributed by atoms with E-state index in [2.05, 4.69) is 5.32 Å². The van der Waals surface area contributed by atoms with Crippen molar-refractivity contribution in [3.05, 3.63) is 54.1 Å². The van der Waals surface area contributed by atoms with Crippen LogP contribution in [0.15, 0.2) is 42.5 Å². The first-order chi connectivity index (χ1) is 12.5. The van der Waals surface area contributed by atoms with E-state index in [9.17, 15) is 13.6 Å². The maximum atomic E-state index is 13.1. The number of halogens is 2. The van der Waals surface area contributed by atoms with Gasteiger partial charge in [-0.05, 0) is 31.3 Å². The maximum Gasteiger partial charge on any atom is 0.225 e. The summed E-state index contributed by atoms with van der Waals surface area (Å²) in [5.74, 6) is -0.875. The van der Waals surface area contributed by atoms with Crippen molar-refractivity contribution in [2.75, 3.05) is 39.2 Å². The second kappa shape index (κ2) is 9.72. The van der Waals surface area contributed by atoms with Gasteiger partial charge in [-0.3, -0.25) is 4.79 Å². The molecule has 0 saturated heterocycles. The standard InChI is InChI=1S/C19H22F2N2O3/c1-23(11-12-26-18-6-4-3-5-17(18)25-2)10-9-19(24)22-14-7-8-15(20)16(21)13-14/h3-8,13H,9-12H2,1-2H3,(H,22,24). The van der Waals surface area contributed by atoms with E-state index in [0.29, 0.717) is 31.2 Å². The van der Waals surface area contributed by atoms with Crippen molar-refractivity contribution in [2.45, 2.75) is 6.42 Å². The van der Waals surface area contributed by atoms with Gasteiger partial charge in [-0.15, -0.1) is 0 Å². The van der Waals surface area contributed by atoms with E-state index in [0.717, 1.165) is 12.1 Å². The van der Waals surface area contributed by atoms with E-state index >= 15 is 0 Å². The molecule has 0 saturated carbocycles. The molecule has 1 N–H and O–H groups in total. The Bertz CT molecular complexity index is 740. The lowest BCUT2D eigenvalue weighted by Crippen LogP contribution is -2.28. The Balaban J connectivity index is 1.70. The van der Waals surface area contributed by atoms with E-state index in [-0.39, 0.29) is 18.0 Å². The molecule has 26 heavy (non-hydrogen) atoms. The molecule has 0 radical (unpaired) electrons. The molecule has 0 spiro atoms. The first kappa shape index (κ1) is 19.7. The monoisotopic (exact) mass is 364 g/mol. The summed E-state index contributed by atoms with van der Waals surface area (Å²) in [4.78, 5) is 13.8. The van der Waals surface area contributed by atoms with Gasteiger partial charge >= 0.3 is 0 Å². The Kier molecular flexibility index (Phi) is 7.35. The SMILES string of the molecule is COc1ccccc1OCCN(C)CCC(=O)Nc1ccc(F)c(F)c1. The zero-order valence-electron chi connectivity index (χ0n) is 14.8. The van der Waals surface area contributed by atoms with E-state index in [1.54, 1.807) is 7.11 Å². The van der Waals surface area contributed by atoms with Crippen LogP contribution in [0.25, 0.3) is 0 Å². The number of nitrogens with one attached hydrogen (secondary N) is 1. The number of carbonyl (C=O) groups is 1. The number of methoxy groups -OCH3 is 1. The predicted octanol–water partition coefficient (Wildman–Crippen LogP) is 3.31. The number of rotatable bonds is 9. The first-order valence-electron chi connectivity index (χ1n) is 8.19. The second-order valence-corrected chi connectivity index (χ2v) is 5.73. The fourth-order valence-corrected chi connectivity index (χ4v) is 2.25. The average molecular weight is 364 g/mol. The molecule has 0 aliphatic carbocycles. The lowest BCUT2D eigenvalue weighted by atomic mass is 10.3. The van der Waals surface area contributed by atoms with Crippen LogP contribution in [-0.2, 0) is 4.79 Å². The van der Waals surface area contributed by atoms with Crippen molar-refractivity contribution in [1.82, 2.24) is 4.90 Å². The molecule has 0 aromatic heterocycles. The number of ether oxygens (including phenoxy) is 2. The van der Waals surface area contributed by atoms with Gasteiger partial charge in [0.1, 0.15) is 6.61 Å². The molecule has 140 valence electrons. The van der Waals surface area contributed by atoms with Gasteiger partial charge in [-0.2, -0.15) is 0 Å². The fourth-order valence-electron chi connectivity index (χ4n) is 2.25. The molecule has 5 nitrogen and oxygen atoms in total. The van der Waals surface area contributed by atoms with Crippen molar-refractivity contribution in [2.24, 2.45) is 0 Å². The molecule has 0 atom stereocenters. The number of hydrogen-bond acceptors (Lipinski definition) is 4. The van der Waals surface area contributed by atoms with Gasteiger partial charge in [-0.1, -0.05) is 12.1 Å². The lowest BCUT2D eigenvalue weighted by molar-refractivity contribution is -0.116. The van der Waals surface area contributed by atoms with Crippen LogP contribution in [-0.4, -0.2) is 44.7 Å². The summed E-state index contributed by atoms with van der Waals surface area (Å²) >= 11 is 0. The second-order valence-electron chi connectivity index (χ2n) is 5.73. The summed E-state index contributed by atoms with van der Waals surface area (Å²) in [5.41, 5.74) is 0.232. The molecule has 2 rings (SSSR count). The Morgan fingerprint density at radius 1 is 1.08 bits per heavy atom. The third-order valence-electron chi connectivity index (χ3n) is 3.72. The molecule has 0 bridgehead atoms. The van der Waals surface area contributed by atoms with Gasteiger partial charge in [0.2, 0.25) is 5.91 Å². The quantitative estimate of drug-likeness (QED) is 0.742. The highest BCUT2D eigenvalue weighted by molar-refractivity contribution is 5.90. The van der Waals surface area contributed by atoms with Crippen LogP contribution in [0.1, 0.15) is 6.42 Å². The van der Waals surface area contributed by atoms with Gasteiger partial charge in [-0.25, -0.2) is 8.78 Å². The van der Waals surface area contributed by atoms with Crippen LogP contribution >= 0.6 is 0 Å². The van der Waals surface area contributed by atoms with Crippen molar-refractivity contribution in [3.63, 3.8) is 0 Å². The minimum Gasteiger partial charge on any atom is -0.493 e. The number of likely N-dealkylation sites (N-methyl/N-ethyl adjacent to an activating group) is 1. The van der Waals surface area contributed by atoms with Crippen LogP contribution in [0, 0.1) is 11.6 Å². The van der Waals surface area contributed by atoms with E-state index in [1.165, 1.54) is 6.07 Å². The minimum absolute atomic E-state index is 0.226. The first-order valence-corrected chi connectivity index (χ1v) is 8.19. The predicted molar refractivity (Wildman–Crippen MR) is 95.6 cm³/mol. The molecule has 0 heterocycles. The molecule has 0 aliphatic heterocycles. The molecule has 0 fully saturated rings. The topological polar surface area (TPSA) is 50.8 Å². The Morgan fingerprint density at radius 2 is 1.81 bits per heavy atom. The number of para-hydroxylation sites is 2. The normalized spacial score (nSPS) is 10.7. The van der Waals surface area contributed by atoms with Crippen LogP contribution < -0.4 is 14.8 Å². The Hall–Kier alpha value is -2.67. The maximum absolute atomic E-state index is 13.1. The Morgan fingerprint density at radius 3 is 2.50 bits per heavy atom. The van der Waals surface area contributed by atoms with Crippen molar-refractivity contribution >= 4 is 11.6 Å². The number of hydrogen-bond donors (Lipinski definition) is 1. The highest BCUT2D eigenvalue weighted by Crippen LogP contribution is 2.25. The zero-order valence-corrected chi connectivity index (χ0v) is 14.8. The van der Waals surface area contributed by atoms with Gasteiger partial charge in [0.25, 0.3) is 0 Å². The van der Waals surface area contributed by atoms with Crippen molar-refractivity contribution < 1.29 is 23.0 Å². The van der Waals surface area contributed by atoms with Crippen molar-refractivity contribution in [1.29, 1.82) is 0 Å². The molecule has 2 aromatic rings. The molecule has 0 unspecified atom stereocenters. The molecule has 2 aromatic carbocycles. The zero-order chi connectivity index (χ0) is 18.9. The van der Waals surface area contributed by atoms with Crippen LogP contribution in [0.2, 0.25) is 0 Å². The molecule has 0 aliphatic rings. The fraction of sp³-hybridized carbons (Fsp3) is 0.316. The van der Waals surface area contributed by atoms with E-state index in [1.807, 2.05) is 36.2 Å². The summed E-state index contributed by atoms with van der Waals surface area (Å²) in [5, 5.41) is 2.54. The van der Waals surface area contributed by atoms with Crippen LogP contribution in [0.4, 0.5) is 14.5 Å². The van der Waals surface area contributed by atoms with Crippen LogP contribution in [0.5, 0.6) is 11.5 Å². The van der Waals surface area contributed by atoms with Gasteiger partial charge in [0, 0.05) is 31.3 Å². The molecule has 1 amide bonds. The van der Waals surface area contributed by atoms with E-state index in [4.69, 9.17) is 9.47 Å².